The average molecular weight is 405 g/mol. The Hall–Kier alpha value is -0.920. The van der Waals surface area contributed by atoms with Crippen molar-refractivity contribution < 1.29 is 4.39 Å². The first-order valence-electron chi connectivity index (χ1n) is 5.39. The van der Waals surface area contributed by atoms with Gasteiger partial charge in [-0.25, -0.2) is 9.37 Å². The van der Waals surface area contributed by atoms with E-state index in [1.54, 1.807) is 22.0 Å². The number of rotatable bonds is 2. The van der Waals surface area contributed by atoms with Crippen molar-refractivity contribution in [3.8, 4) is 0 Å². The summed E-state index contributed by atoms with van der Waals surface area (Å²) in [7, 11) is 0. The molecule has 0 saturated carbocycles. The van der Waals surface area contributed by atoms with E-state index in [0.29, 0.717) is 28.0 Å². The molecule has 0 amide bonds. The molecule has 0 aliphatic carbocycles. The van der Waals surface area contributed by atoms with Crippen LogP contribution in [0.15, 0.2) is 32.5 Å². The van der Waals surface area contributed by atoms with Gasteiger partial charge >= 0.3 is 0 Å². The maximum absolute atomic E-state index is 13.7. The van der Waals surface area contributed by atoms with Crippen molar-refractivity contribution in [3.63, 3.8) is 0 Å². The monoisotopic (exact) mass is 403 g/mol. The molecular formula is C12H8Br2FN3S. The number of nitrogens with two attached hydrogens (primary N) is 1. The smallest absolute Gasteiger partial charge is 0.201 e. The number of hydrogen-bond donors (Lipinski definition) is 1. The second-order valence-electron chi connectivity index (χ2n) is 4.00. The lowest BCUT2D eigenvalue weighted by atomic mass is 10.3. The van der Waals surface area contributed by atoms with Gasteiger partial charge in [-0.15, -0.1) is 11.3 Å². The fraction of sp³-hybridized carbons (Fsp3) is 0.0833. The van der Waals surface area contributed by atoms with Crippen molar-refractivity contribution in [1.82, 2.24) is 9.55 Å². The number of nitrogens with zero attached hydrogens (tertiary/aromatic N) is 2. The molecule has 0 unspecified atom stereocenters. The van der Waals surface area contributed by atoms with Gasteiger partial charge in [0.25, 0.3) is 0 Å². The van der Waals surface area contributed by atoms with Gasteiger partial charge in [0.05, 0.1) is 22.1 Å². The Kier molecular flexibility index (Phi) is 3.36. The van der Waals surface area contributed by atoms with Crippen LogP contribution in [0.25, 0.3) is 11.0 Å². The van der Waals surface area contributed by atoms with Gasteiger partial charge in [-0.3, -0.25) is 0 Å². The molecule has 0 spiro atoms. The van der Waals surface area contributed by atoms with Crippen LogP contribution in [-0.4, -0.2) is 9.55 Å². The summed E-state index contributed by atoms with van der Waals surface area (Å²) >= 11 is 8.25. The molecule has 2 N–H and O–H groups in total. The minimum atomic E-state index is -0.320. The van der Waals surface area contributed by atoms with Crippen LogP contribution in [0.2, 0.25) is 0 Å². The van der Waals surface area contributed by atoms with Crippen LogP contribution in [-0.2, 0) is 6.54 Å². The van der Waals surface area contributed by atoms with Crippen molar-refractivity contribution in [3.05, 3.63) is 43.2 Å². The summed E-state index contributed by atoms with van der Waals surface area (Å²) in [6.45, 7) is 0.571. The lowest BCUT2D eigenvalue weighted by Crippen LogP contribution is -2.03. The fourth-order valence-corrected chi connectivity index (χ4v) is 3.68. The number of fused-ring (bicyclic) bond motifs is 1. The number of anilines is 1. The molecule has 1 aromatic carbocycles. The SMILES string of the molecule is Nc1nc2cc(Br)c(F)cc2n1Cc1sccc1Br. The largest absolute Gasteiger partial charge is 0.369 e. The molecule has 19 heavy (non-hydrogen) atoms. The van der Waals surface area contributed by atoms with Gasteiger partial charge in [-0.05, 0) is 49.4 Å². The van der Waals surface area contributed by atoms with Crippen LogP contribution in [0, 0.1) is 5.82 Å². The van der Waals surface area contributed by atoms with Crippen LogP contribution in [0.5, 0.6) is 0 Å². The average Bonchev–Trinajstić information content (AvgIpc) is 2.88. The maximum Gasteiger partial charge on any atom is 0.201 e. The molecule has 3 rings (SSSR count). The Morgan fingerprint density at radius 2 is 2.11 bits per heavy atom. The van der Waals surface area contributed by atoms with Gasteiger partial charge in [0, 0.05) is 15.4 Å². The molecule has 3 nitrogen and oxygen atoms in total. The summed E-state index contributed by atoms with van der Waals surface area (Å²) in [6, 6.07) is 5.07. The highest BCUT2D eigenvalue weighted by Gasteiger charge is 2.13. The van der Waals surface area contributed by atoms with Crippen LogP contribution < -0.4 is 5.73 Å². The van der Waals surface area contributed by atoms with E-state index in [1.807, 2.05) is 11.4 Å². The number of thiophene rings is 1. The van der Waals surface area contributed by atoms with Crippen molar-refractivity contribution >= 4 is 60.2 Å². The Morgan fingerprint density at radius 3 is 2.79 bits per heavy atom. The Labute approximate surface area is 129 Å². The Balaban J connectivity index is 2.15. The van der Waals surface area contributed by atoms with Crippen LogP contribution >= 0.6 is 43.2 Å². The fourth-order valence-electron chi connectivity index (χ4n) is 1.89. The molecular weight excluding hydrogens is 397 g/mol. The van der Waals surface area contributed by atoms with E-state index in [4.69, 9.17) is 5.73 Å². The lowest BCUT2D eigenvalue weighted by Gasteiger charge is -2.05. The zero-order valence-electron chi connectivity index (χ0n) is 9.53. The normalized spacial score (nSPS) is 11.3. The first-order valence-corrected chi connectivity index (χ1v) is 7.85. The molecule has 0 atom stereocenters. The van der Waals surface area contributed by atoms with Crippen LogP contribution in [0.1, 0.15) is 4.88 Å². The van der Waals surface area contributed by atoms with Crippen molar-refractivity contribution in [1.29, 1.82) is 0 Å². The van der Waals surface area contributed by atoms with Gasteiger partial charge < -0.3 is 10.3 Å². The first-order chi connectivity index (χ1) is 9.06. The molecule has 0 radical (unpaired) electrons. The molecule has 2 heterocycles. The topological polar surface area (TPSA) is 43.8 Å². The summed E-state index contributed by atoms with van der Waals surface area (Å²) in [5.41, 5.74) is 7.30. The quantitative estimate of drug-likeness (QED) is 0.688. The van der Waals surface area contributed by atoms with E-state index in [-0.39, 0.29) is 5.82 Å². The number of imidazole rings is 1. The standard InChI is InChI=1S/C12H8Br2FN3S/c13-6-1-2-19-11(6)5-18-10-4-8(15)7(14)3-9(10)17-12(18)16/h1-4H,5H2,(H2,16,17). The molecule has 0 bridgehead atoms. The van der Waals surface area contributed by atoms with E-state index in [1.165, 1.54) is 6.07 Å². The maximum atomic E-state index is 13.7. The molecule has 0 aliphatic heterocycles. The molecule has 3 aromatic rings. The minimum absolute atomic E-state index is 0.320. The van der Waals surface area contributed by atoms with Gasteiger partial charge in [0.2, 0.25) is 5.95 Å². The number of nitrogen functional groups attached to an aromatic ring is 1. The molecule has 0 fully saturated rings. The van der Waals surface area contributed by atoms with E-state index in [9.17, 15) is 4.39 Å². The van der Waals surface area contributed by atoms with Crippen molar-refractivity contribution in [2.75, 3.05) is 5.73 Å². The van der Waals surface area contributed by atoms with Gasteiger partial charge in [0.15, 0.2) is 0 Å². The predicted molar refractivity (Wildman–Crippen MR) is 82.9 cm³/mol. The molecule has 2 aromatic heterocycles. The molecule has 98 valence electrons. The summed E-state index contributed by atoms with van der Waals surface area (Å²) in [4.78, 5) is 5.38. The van der Waals surface area contributed by atoms with Gasteiger partial charge in [0.1, 0.15) is 5.82 Å². The third kappa shape index (κ3) is 2.30. The van der Waals surface area contributed by atoms with E-state index < -0.39 is 0 Å². The summed E-state index contributed by atoms with van der Waals surface area (Å²) in [6.07, 6.45) is 0. The second kappa shape index (κ2) is 4.88. The highest BCUT2D eigenvalue weighted by molar-refractivity contribution is 9.10. The lowest BCUT2D eigenvalue weighted by molar-refractivity contribution is 0.622. The number of benzene rings is 1. The summed E-state index contributed by atoms with van der Waals surface area (Å²) in [5, 5.41) is 1.99. The minimum Gasteiger partial charge on any atom is -0.369 e. The molecule has 7 heteroatoms. The Morgan fingerprint density at radius 1 is 1.32 bits per heavy atom. The van der Waals surface area contributed by atoms with Crippen LogP contribution in [0.3, 0.4) is 0 Å². The predicted octanol–water partition coefficient (Wildman–Crippen LogP) is 4.39. The number of halogens is 3. The van der Waals surface area contributed by atoms with E-state index >= 15 is 0 Å². The second-order valence-corrected chi connectivity index (χ2v) is 6.71. The molecule has 0 saturated heterocycles. The van der Waals surface area contributed by atoms with Crippen molar-refractivity contribution in [2.45, 2.75) is 6.54 Å². The zero-order chi connectivity index (χ0) is 13.6. The number of aromatic nitrogens is 2. The van der Waals surface area contributed by atoms with Crippen molar-refractivity contribution in [2.24, 2.45) is 0 Å². The summed E-state index contributed by atoms with van der Waals surface area (Å²) in [5.74, 6) is 0.0618. The third-order valence-corrected chi connectivity index (χ3v) is 5.33. The highest BCUT2D eigenvalue weighted by Crippen LogP contribution is 2.29. The number of hydrogen-bond acceptors (Lipinski definition) is 3. The first kappa shape index (κ1) is 13.1. The summed E-state index contributed by atoms with van der Waals surface area (Å²) < 4.78 is 16.9. The van der Waals surface area contributed by atoms with Crippen LogP contribution in [0.4, 0.5) is 10.3 Å². The molecule has 0 aliphatic rings. The third-order valence-electron chi connectivity index (χ3n) is 2.81. The van der Waals surface area contributed by atoms with E-state index in [0.717, 1.165) is 9.35 Å². The zero-order valence-corrected chi connectivity index (χ0v) is 13.5. The van der Waals surface area contributed by atoms with Gasteiger partial charge in [-0.1, -0.05) is 0 Å². The Bertz CT molecular complexity index is 766. The van der Waals surface area contributed by atoms with Gasteiger partial charge in [-0.2, -0.15) is 0 Å². The highest BCUT2D eigenvalue weighted by atomic mass is 79.9. The van der Waals surface area contributed by atoms with E-state index in [2.05, 4.69) is 36.8 Å².